The molecule has 122 valence electrons. The highest BCUT2D eigenvalue weighted by Crippen LogP contribution is 2.18. The minimum absolute atomic E-state index is 0.161. The average molecular weight is 321 g/mol. The monoisotopic (exact) mass is 321 g/mol. The zero-order chi connectivity index (χ0) is 16.7. The summed E-state index contributed by atoms with van der Waals surface area (Å²) in [6.45, 7) is 0.0585. The van der Waals surface area contributed by atoms with Crippen molar-refractivity contribution in [2.75, 3.05) is 20.3 Å². The maximum absolute atomic E-state index is 13.3. The van der Waals surface area contributed by atoms with Crippen molar-refractivity contribution in [3.63, 3.8) is 0 Å². The molecule has 0 aliphatic heterocycles. The SMILES string of the molecule is COc1ccccc1CCNC(=O)COc1ccc(F)cc1F. The molecule has 2 aromatic carbocycles. The number of benzene rings is 2. The topological polar surface area (TPSA) is 47.6 Å². The summed E-state index contributed by atoms with van der Waals surface area (Å²) in [5.74, 6) is -1.33. The molecule has 6 heteroatoms. The van der Waals surface area contributed by atoms with Gasteiger partial charge >= 0.3 is 0 Å². The zero-order valence-electron chi connectivity index (χ0n) is 12.6. The largest absolute Gasteiger partial charge is 0.496 e. The van der Waals surface area contributed by atoms with E-state index in [-0.39, 0.29) is 18.3 Å². The lowest BCUT2D eigenvalue weighted by atomic mass is 10.1. The molecule has 0 radical (unpaired) electrons. The van der Waals surface area contributed by atoms with Crippen molar-refractivity contribution < 1.29 is 23.0 Å². The molecule has 0 aliphatic carbocycles. The van der Waals surface area contributed by atoms with Gasteiger partial charge in [0.1, 0.15) is 11.6 Å². The number of nitrogens with one attached hydrogen (secondary N) is 1. The second kappa shape index (κ2) is 8.12. The predicted octanol–water partition coefficient (Wildman–Crippen LogP) is 2.71. The summed E-state index contributed by atoms with van der Waals surface area (Å²) < 4.78 is 36.3. The highest BCUT2D eigenvalue weighted by Gasteiger charge is 2.08. The van der Waals surface area contributed by atoms with Gasteiger partial charge in [-0.2, -0.15) is 0 Å². The first-order valence-electron chi connectivity index (χ1n) is 7.06. The molecule has 0 heterocycles. The maximum Gasteiger partial charge on any atom is 0.257 e. The molecule has 0 aromatic heterocycles. The van der Waals surface area contributed by atoms with Crippen LogP contribution in [0.5, 0.6) is 11.5 Å². The summed E-state index contributed by atoms with van der Waals surface area (Å²) in [6.07, 6.45) is 0.598. The number of hydrogen-bond acceptors (Lipinski definition) is 3. The Hall–Kier alpha value is -2.63. The standard InChI is InChI=1S/C17H17F2NO3/c1-22-15-5-3-2-4-12(15)8-9-20-17(21)11-23-16-7-6-13(18)10-14(16)19/h2-7,10H,8-9,11H2,1H3,(H,20,21). The van der Waals surface area contributed by atoms with E-state index in [9.17, 15) is 13.6 Å². The van der Waals surface area contributed by atoms with Crippen LogP contribution in [0.4, 0.5) is 8.78 Å². The fraction of sp³-hybridized carbons (Fsp3) is 0.235. The van der Waals surface area contributed by atoms with Crippen LogP contribution in [-0.2, 0) is 11.2 Å². The molecule has 0 aliphatic rings. The molecule has 2 rings (SSSR count). The Bertz CT molecular complexity index is 677. The van der Waals surface area contributed by atoms with Crippen molar-refractivity contribution in [2.45, 2.75) is 6.42 Å². The molecule has 4 nitrogen and oxygen atoms in total. The quantitative estimate of drug-likeness (QED) is 0.853. The Balaban J connectivity index is 1.77. The van der Waals surface area contributed by atoms with Crippen LogP contribution in [-0.4, -0.2) is 26.2 Å². The van der Waals surface area contributed by atoms with E-state index in [1.165, 1.54) is 0 Å². The zero-order valence-corrected chi connectivity index (χ0v) is 12.6. The summed E-state index contributed by atoms with van der Waals surface area (Å²) in [4.78, 5) is 11.7. The molecular formula is C17H17F2NO3. The lowest BCUT2D eigenvalue weighted by molar-refractivity contribution is -0.123. The number of para-hydroxylation sites is 1. The van der Waals surface area contributed by atoms with Crippen LogP contribution in [0.3, 0.4) is 0 Å². The molecule has 0 fully saturated rings. The van der Waals surface area contributed by atoms with Crippen molar-refractivity contribution in [3.05, 3.63) is 59.7 Å². The van der Waals surface area contributed by atoms with Crippen LogP contribution in [0.2, 0.25) is 0 Å². The number of carbonyl (C=O) groups excluding carboxylic acids is 1. The number of carbonyl (C=O) groups is 1. The van der Waals surface area contributed by atoms with Crippen molar-refractivity contribution in [1.29, 1.82) is 0 Å². The Morgan fingerprint density at radius 3 is 2.65 bits per heavy atom. The number of hydrogen-bond donors (Lipinski definition) is 1. The van der Waals surface area contributed by atoms with E-state index in [1.54, 1.807) is 7.11 Å². The molecule has 0 unspecified atom stereocenters. The average Bonchev–Trinajstić information content (AvgIpc) is 2.54. The van der Waals surface area contributed by atoms with E-state index in [0.29, 0.717) is 19.0 Å². The number of rotatable bonds is 7. The van der Waals surface area contributed by atoms with Crippen LogP contribution in [0.1, 0.15) is 5.56 Å². The van der Waals surface area contributed by atoms with Gasteiger partial charge in [-0.15, -0.1) is 0 Å². The molecule has 0 saturated heterocycles. The highest BCUT2D eigenvalue weighted by molar-refractivity contribution is 5.77. The second-order valence-electron chi connectivity index (χ2n) is 4.78. The van der Waals surface area contributed by atoms with Gasteiger partial charge in [0.05, 0.1) is 7.11 Å². The van der Waals surface area contributed by atoms with Gasteiger partial charge in [0, 0.05) is 12.6 Å². The van der Waals surface area contributed by atoms with Crippen molar-refractivity contribution in [2.24, 2.45) is 0 Å². The highest BCUT2D eigenvalue weighted by atomic mass is 19.1. The lowest BCUT2D eigenvalue weighted by Gasteiger charge is -2.10. The van der Waals surface area contributed by atoms with Crippen LogP contribution < -0.4 is 14.8 Å². The first-order chi connectivity index (χ1) is 11.1. The molecule has 1 N–H and O–H groups in total. The minimum atomic E-state index is -0.841. The number of ether oxygens (including phenoxy) is 2. The molecule has 1 amide bonds. The maximum atomic E-state index is 13.3. The van der Waals surface area contributed by atoms with E-state index in [0.717, 1.165) is 23.4 Å². The number of halogens is 2. The number of amides is 1. The van der Waals surface area contributed by atoms with Crippen LogP contribution >= 0.6 is 0 Å². The smallest absolute Gasteiger partial charge is 0.257 e. The van der Waals surface area contributed by atoms with Crippen molar-refractivity contribution in [1.82, 2.24) is 5.32 Å². The van der Waals surface area contributed by atoms with E-state index >= 15 is 0 Å². The predicted molar refractivity (Wildman–Crippen MR) is 81.6 cm³/mol. The summed E-state index contributed by atoms with van der Waals surface area (Å²) in [7, 11) is 1.59. The Morgan fingerprint density at radius 2 is 1.91 bits per heavy atom. The van der Waals surface area contributed by atoms with Gasteiger partial charge in [-0.25, -0.2) is 8.78 Å². The fourth-order valence-electron chi connectivity index (χ4n) is 2.03. The first kappa shape index (κ1) is 16.7. The summed E-state index contributed by atoms with van der Waals surface area (Å²) in [5, 5.41) is 2.67. The third-order valence-corrected chi connectivity index (χ3v) is 3.16. The fourth-order valence-corrected chi connectivity index (χ4v) is 2.03. The normalized spacial score (nSPS) is 10.2. The van der Waals surface area contributed by atoms with Crippen molar-refractivity contribution in [3.8, 4) is 11.5 Å². The van der Waals surface area contributed by atoms with Gasteiger partial charge in [0.2, 0.25) is 0 Å². The molecule has 23 heavy (non-hydrogen) atoms. The summed E-state index contributed by atoms with van der Waals surface area (Å²) in [5.41, 5.74) is 0.973. The second-order valence-corrected chi connectivity index (χ2v) is 4.78. The van der Waals surface area contributed by atoms with Gasteiger partial charge in [-0.3, -0.25) is 4.79 Å². The molecule has 2 aromatic rings. The van der Waals surface area contributed by atoms with Gasteiger partial charge in [-0.05, 0) is 30.2 Å². The van der Waals surface area contributed by atoms with Crippen LogP contribution in [0.25, 0.3) is 0 Å². The molecule has 0 bridgehead atoms. The van der Waals surface area contributed by atoms with Gasteiger partial charge in [0.15, 0.2) is 18.2 Å². The van der Waals surface area contributed by atoms with E-state index in [4.69, 9.17) is 9.47 Å². The van der Waals surface area contributed by atoms with Gasteiger partial charge < -0.3 is 14.8 Å². The Kier molecular flexibility index (Phi) is 5.91. The minimum Gasteiger partial charge on any atom is -0.496 e. The molecular weight excluding hydrogens is 304 g/mol. The summed E-state index contributed by atoms with van der Waals surface area (Å²) in [6, 6.07) is 10.4. The van der Waals surface area contributed by atoms with E-state index < -0.39 is 11.6 Å². The van der Waals surface area contributed by atoms with E-state index in [2.05, 4.69) is 5.32 Å². The molecule has 0 spiro atoms. The van der Waals surface area contributed by atoms with Crippen LogP contribution in [0.15, 0.2) is 42.5 Å². The van der Waals surface area contributed by atoms with Crippen molar-refractivity contribution >= 4 is 5.91 Å². The third kappa shape index (κ3) is 4.95. The van der Waals surface area contributed by atoms with Gasteiger partial charge in [-0.1, -0.05) is 18.2 Å². The van der Waals surface area contributed by atoms with Crippen LogP contribution in [0, 0.1) is 11.6 Å². The third-order valence-electron chi connectivity index (χ3n) is 3.16. The lowest BCUT2D eigenvalue weighted by Crippen LogP contribution is -2.30. The molecule has 0 saturated carbocycles. The molecule has 0 atom stereocenters. The van der Waals surface area contributed by atoms with Gasteiger partial charge in [0.25, 0.3) is 5.91 Å². The first-order valence-corrected chi connectivity index (χ1v) is 7.06. The Labute approximate surface area is 133 Å². The number of methoxy groups -OCH3 is 1. The van der Waals surface area contributed by atoms with E-state index in [1.807, 2.05) is 24.3 Å². The Morgan fingerprint density at radius 1 is 1.13 bits per heavy atom. The summed E-state index contributed by atoms with van der Waals surface area (Å²) >= 11 is 0.